The van der Waals surface area contributed by atoms with Gasteiger partial charge in [-0.3, -0.25) is 9.59 Å². The minimum Gasteiger partial charge on any atom is -0.466 e. The summed E-state index contributed by atoms with van der Waals surface area (Å²) in [6, 6.07) is 0. The van der Waals surface area contributed by atoms with Crippen LogP contribution in [0.3, 0.4) is 0 Å². The third kappa shape index (κ3) is 4.49. The third-order valence-corrected chi connectivity index (χ3v) is 2.49. The highest BCUT2D eigenvalue weighted by molar-refractivity contribution is 9.10. The highest BCUT2D eigenvalue weighted by Crippen LogP contribution is 2.08. The Morgan fingerprint density at radius 2 is 2.00 bits per heavy atom. The van der Waals surface area contributed by atoms with Crippen LogP contribution in [0.15, 0.2) is 0 Å². The zero-order valence-electron chi connectivity index (χ0n) is 7.30. The molecular weight excluding hydrogens is 224 g/mol. The van der Waals surface area contributed by atoms with Gasteiger partial charge in [0.1, 0.15) is 6.42 Å². The van der Waals surface area contributed by atoms with Crippen molar-refractivity contribution < 1.29 is 14.3 Å². The van der Waals surface area contributed by atoms with Crippen molar-refractivity contribution in [1.82, 2.24) is 0 Å². The van der Waals surface area contributed by atoms with Crippen molar-refractivity contribution in [3.05, 3.63) is 0 Å². The minimum atomic E-state index is -0.444. The van der Waals surface area contributed by atoms with Gasteiger partial charge in [0.25, 0.3) is 0 Å². The molecule has 0 aromatic heterocycles. The number of halogens is 1. The van der Waals surface area contributed by atoms with E-state index >= 15 is 0 Å². The number of ketones is 1. The molecule has 0 aliphatic carbocycles. The van der Waals surface area contributed by atoms with Gasteiger partial charge in [0.15, 0.2) is 5.78 Å². The molecule has 0 spiro atoms. The van der Waals surface area contributed by atoms with Gasteiger partial charge in [-0.05, 0) is 13.3 Å². The van der Waals surface area contributed by atoms with Gasteiger partial charge in [0.2, 0.25) is 0 Å². The second kappa shape index (κ2) is 6.17. The van der Waals surface area contributed by atoms with Crippen molar-refractivity contribution >= 4 is 27.7 Å². The Morgan fingerprint density at radius 1 is 1.42 bits per heavy atom. The number of alkyl halides is 1. The molecule has 0 bridgehead atoms. The smallest absolute Gasteiger partial charge is 0.313 e. The molecule has 0 aromatic carbocycles. The predicted octanol–water partition coefficient (Wildman–Crippen LogP) is 1.68. The third-order valence-electron chi connectivity index (χ3n) is 1.33. The molecule has 0 aromatic rings. The molecular formula is C8H13BrO3. The van der Waals surface area contributed by atoms with Gasteiger partial charge in [0, 0.05) is 0 Å². The summed E-state index contributed by atoms with van der Waals surface area (Å²) in [7, 11) is 0. The molecule has 4 heteroatoms. The number of carbonyl (C=O) groups is 2. The standard InChI is InChI=1S/C8H13BrO3/c1-3-6(9)7(10)5-8(11)12-4-2/h6H,3-5H2,1-2H3/t6-/m1/s1. The van der Waals surface area contributed by atoms with Crippen LogP contribution in [-0.2, 0) is 14.3 Å². The van der Waals surface area contributed by atoms with E-state index in [2.05, 4.69) is 20.7 Å². The molecule has 0 aliphatic rings. The molecule has 0 saturated heterocycles. The van der Waals surface area contributed by atoms with Crippen molar-refractivity contribution in [2.24, 2.45) is 0 Å². The molecule has 0 fully saturated rings. The maximum absolute atomic E-state index is 11.1. The molecule has 0 heterocycles. The highest BCUT2D eigenvalue weighted by Gasteiger charge is 2.16. The fourth-order valence-electron chi connectivity index (χ4n) is 0.693. The fourth-order valence-corrected chi connectivity index (χ4v) is 0.855. The maximum atomic E-state index is 11.1. The van der Waals surface area contributed by atoms with E-state index in [-0.39, 0.29) is 17.0 Å². The van der Waals surface area contributed by atoms with E-state index in [1.807, 2.05) is 6.92 Å². The molecule has 0 rings (SSSR count). The van der Waals surface area contributed by atoms with E-state index in [9.17, 15) is 9.59 Å². The SMILES string of the molecule is CCOC(=O)CC(=O)[C@H](Br)CC. The first-order chi connectivity index (χ1) is 5.61. The number of carbonyl (C=O) groups excluding carboxylic acids is 2. The Labute approximate surface area is 80.6 Å². The summed E-state index contributed by atoms with van der Waals surface area (Å²) in [6.07, 6.45) is 0.565. The number of Topliss-reactive ketones (excluding diaryl/α,β-unsaturated/α-hetero) is 1. The number of hydrogen-bond donors (Lipinski definition) is 0. The highest BCUT2D eigenvalue weighted by atomic mass is 79.9. The Bertz CT molecular complexity index is 168. The summed E-state index contributed by atoms with van der Waals surface area (Å²) >= 11 is 3.16. The lowest BCUT2D eigenvalue weighted by atomic mass is 10.2. The quantitative estimate of drug-likeness (QED) is 0.415. The normalized spacial score (nSPS) is 12.2. The Balaban J connectivity index is 3.76. The summed E-state index contributed by atoms with van der Waals surface area (Å²) in [6.45, 7) is 3.92. The van der Waals surface area contributed by atoms with Gasteiger partial charge >= 0.3 is 5.97 Å². The lowest BCUT2D eigenvalue weighted by Gasteiger charge is -2.04. The van der Waals surface area contributed by atoms with Crippen molar-refractivity contribution in [2.75, 3.05) is 6.61 Å². The van der Waals surface area contributed by atoms with Crippen LogP contribution in [0.25, 0.3) is 0 Å². The minimum absolute atomic E-state index is 0.115. The first kappa shape index (κ1) is 11.6. The maximum Gasteiger partial charge on any atom is 0.313 e. The van der Waals surface area contributed by atoms with E-state index in [4.69, 9.17) is 0 Å². The Hall–Kier alpha value is -0.380. The Kier molecular flexibility index (Phi) is 5.98. The van der Waals surface area contributed by atoms with Gasteiger partial charge < -0.3 is 4.74 Å². The van der Waals surface area contributed by atoms with Crippen LogP contribution in [0.1, 0.15) is 26.7 Å². The largest absolute Gasteiger partial charge is 0.466 e. The van der Waals surface area contributed by atoms with Crippen molar-refractivity contribution in [3.63, 3.8) is 0 Å². The first-order valence-electron chi connectivity index (χ1n) is 3.94. The van der Waals surface area contributed by atoms with Crippen LogP contribution in [0.4, 0.5) is 0 Å². The fraction of sp³-hybridized carbons (Fsp3) is 0.750. The van der Waals surface area contributed by atoms with Crippen LogP contribution in [0.5, 0.6) is 0 Å². The predicted molar refractivity (Wildman–Crippen MR) is 49.3 cm³/mol. The van der Waals surface area contributed by atoms with E-state index in [1.54, 1.807) is 6.92 Å². The molecule has 12 heavy (non-hydrogen) atoms. The van der Waals surface area contributed by atoms with Crippen LogP contribution in [-0.4, -0.2) is 23.2 Å². The number of ether oxygens (including phenoxy) is 1. The second-order valence-corrected chi connectivity index (χ2v) is 3.43. The molecule has 0 N–H and O–H groups in total. The van der Waals surface area contributed by atoms with Crippen molar-refractivity contribution in [3.8, 4) is 0 Å². The van der Waals surface area contributed by atoms with Gasteiger partial charge in [-0.15, -0.1) is 0 Å². The van der Waals surface area contributed by atoms with Crippen LogP contribution in [0, 0.1) is 0 Å². The molecule has 0 radical (unpaired) electrons. The molecule has 0 saturated carbocycles. The first-order valence-corrected chi connectivity index (χ1v) is 4.85. The topological polar surface area (TPSA) is 43.4 Å². The van der Waals surface area contributed by atoms with E-state index < -0.39 is 5.97 Å². The summed E-state index contributed by atoms with van der Waals surface area (Å²) in [5.41, 5.74) is 0. The molecule has 0 amide bonds. The number of esters is 1. The Morgan fingerprint density at radius 3 is 2.42 bits per heavy atom. The average molecular weight is 237 g/mol. The number of hydrogen-bond acceptors (Lipinski definition) is 3. The molecule has 70 valence electrons. The van der Waals surface area contributed by atoms with E-state index in [1.165, 1.54) is 0 Å². The second-order valence-electron chi connectivity index (χ2n) is 2.32. The lowest BCUT2D eigenvalue weighted by molar-refractivity contribution is -0.145. The lowest BCUT2D eigenvalue weighted by Crippen LogP contribution is -2.18. The molecule has 0 unspecified atom stereocenters. The molecule has 1 atom stereocenters. The van der Waals surface area contributed by atoms with Crippen molar-refractivity contribution in [1.29, 1.82) is 0 Å². The summed E-state index contributed by atoms with van der Waals surface area (Å²) in [4.78, 5) is 21.7. The monoisotopic (exact) mass is 236 g/mol. The van der Waals surface area contributed by atoms with Crippen LogP contribution < -0.4 is 0 Å². The zero-order chi connectivity index (χ0) is 9.56. The van der Waals surface area contributed by atoms with Crippen molar-refractivity contribution in [2.45, 2.75) is 31.5 Å². The van der Waals surface area contributed by atoms with Crippen LogP contribution >= 0.6 is 15.9 Å². The number of rotatable bonds is 5. The summed E-state index contributed by atoms with van der Waals surface area (Å²) < 4.78 is 4.63. The summed E-state index contributed by atoms with van der Waals surface area (Å²) in [5.74, 6) is -0.559. The van der Waals surface area contributed by atoms with Gasteiger partial charge in [-0.1, -0.05) is 22.9 Å². The van der Waals surface area contributed by atoms with E-state index in [0.717, 1.165) is 0 Å². The average Bonchev–Trinajstić information content (AvgIpc) is 2.03. The van der Waals surface area contributed by atoms with Gasteiger partial charge in [0.05, 0.1) is 11.4 Å². The van der Waals surface area contributed by atoms with E-state index in [0.29, 0.717) is 13.0 Å². The van der Waals surface area contributed by atoms with Gasteiger partial charge in [-0.2, -0.15) is 0 Å². The summed E-state index contributed by atoms with van der Waals surface area (Å²) in [5, 5.41) is 0. The molecule has 0 aliphatic heterocycles. The van der Waals surface area contributed by atoms with Crippen LogP contribution in [0.2, 0.25) is 0 Å². The zero-order valence-corrected chi connectivity index (χ0v) is 8.89. The van der Waals surface area contributed by atoms with Gasteiger partial charge in [-0.25, -0.2) is 0 Å². The molecule has 3 nitrogen and oxygen atoms in total.